The van der Waals surface area contributed by atoms with Crippen molar-refractivity contribution in [3.05, 3.63) is 28.0 Å². The van der Waals surface area contributed by atoms with Crippen LogP contribution in [0.1, 0.15) is 25.8 Å². The summed E-state index contributed by atoms with van der Waals surface area (Å²) in [5, 5.41) is 18.0. The Balaban J connectivity index is 3.22. The lowest BCUT2D eigenvalue weighted by Crippen LogP contribution is -2.23. The van der Waals surface area contributed by atoms with Gasteiger partial charge < -0.3 is 10.2 Å². The van der Waals surface area contributed by atoms with Crippen molar-refractivity contribution in [3.63, 3.8) is 0 Å². The molecule has 0 radical (unpaired) electrons. The molecule has 0 bridgehead atoms. The Morgan fingerprint density at radius 1 is 1.50 bits per heavy atom. The number of aromatic hydroxyl groups is 1. The molecule has 1 aromatic carbocycles. The molecular weight excluding hydrogens is 279 g/mol. The highest BCUT2D eigenvalue weighted by atomic mass is 79.9. The van der Waals surface area contributed by atoms with Crippen LogP contribution in [0.5, 0.6) is 5.75 Å². The molecule has 0 aliphatic carbocycles. The molecule has 0 atom stereocenters. The first-order valence-corrected chi connectivity index (χ1v) is 5.43. The summed E-state index contributed by atoms with van der Waals surface area (Å²) in [5.74, 6) is -1.80. The van der Waals surface area contributed by atoms with Gasteiger partial charge in [-0.2, -0.15) is 0 Å². The van der Waals surface area contributed by atoms with Crippen molar-refractivity contribution < 1.29 is 19.4 Å². The number of carboxylic acids is 1. The Hall–Kier alpha value is -1.10. The topological polar surface area (TPSA) is 57.5 Å². The summed E-state index contributed by atoms with van der Waals surface area (Å²) in [6.45, 7) is 3.28. The number of hydrogen-bond acceptors (Lipinski definition) is 2. The maximum atomic E-state index is 13.6. The summed E-state index contributed by atoms with van der Waals surface area (Å²) >= 11 is 3.07. The highest BCUT2D eigenvalue weighted by Gasteiger charge is 2.28. The first-order chi connectivity index (χ1) is 7.24. The number of aliphatic carboxylic acids is 1. The van der Waals surface area contributed by atoms with Crippen molar-refractivity contribution in [1.29, 1.82) is 0 Å². The minimum absolute atomic E-state index is 0.179. The van der Waals surface area contributed by atoms with Gasteiger partial charge in [-0.25, -0.2) is 4.39 Å². The molecule has 0 saturated heterocycles. The first-order valence-electron chi connectivity index (χ1n) is 4.64. The molecule has 1 aromatic rings. The van der Waals surface area contributed by atoms with Gasteiger partial charge >= 0.3 is 5.97 Å². The number of carbonyl (C=O) groups is 1. The molecule has 1 rings (SSSR count). The van der Waals surface area contributed by atoms with Gasteiger partial charge in [0.1, 0.15) is 11.6 Å². The maximum Gasteiger partial charge on any atom is 0.304 e. The average Bonchev–Trinajstić information content (AvgIpc) is 2.08. The second-order valence-corrected chi connectivity index (χ2v) is 5.09. The van der Waals surface area contributed by atoms with Crippen molar-refractivity contribution >= 4 is 21.9 Å². The predicted octanol–water partition coefficient (Wildman–Crippen LogP) is 3.05. The number of rotatable bonds is 3. The summed E-state index contributed by atoms with van der Waals surface area (Å²) in [4.78, 5) is 10.7. The highest BCUT2D eigenvalue weighted by Crippen LogP contribution is 2.35. The SMILES string of the molecule is CC(C)(CC(=O)O)c1cc(Br)c(O)cc1F. The minimum atomic E-state index is -0.992. The highest BCUT2D eigenvalue weighted by molar-refractivity contribution is 9.10. The number of halogens is 2. The third-order valence-corrected chi connectivity index (χ3v) is 2.99. The normalized spacial score (nSPS) is 11.5. The third-order valence-electron chi connectivity index (χ3n) is 2.36. The van der Waals surface area contributed by atoms with Gasteiger partial charge in [-0.05, 0) is 27.6 Å². The van der Waals surface area contributed by atoms with Crippen LogP contribution in [-0.4, -0.2) is 16.2 Å². The molecule has 0 aliphatic rings. The van der Waals surface area contributed by atoms with Crippen LogP contribution in [0.25, 0.3) is 0 Å². The van der Waals surface area contributed by atoms with Crippen LogP contribution in [-0.2, 0) is 10.2 Å². The van der Waals surface area contributed by atoms with Crippen molar-refractivity contribution in [2.24, 2.45) is 0 Å². The van der Waals surface area contributed by atoms with E-state index >= 15 is 0 Å². The third kappa shape index (κ3) is 2.72. The quantitative estimate of drug-likeness (QED) is 0.900. The van der Waals surface area contributed by atoms with Crippen LogP contribution in [0.15, 0.2) is 16.6 Å². The Morgan fingerprint density at radius 3 is 2.56 bits per heavy atom. The Labute approximate surface area is 101 Å². The summed E-state index contributed by atoms with van der Waals surface area (Å²) in [5.41, 5.74) is -0.564. The largest absolute Gasteiger partial charge is 0.507 e. The maximum absolute atomic E-state index is 13.6. The van der Waals surface area contributed by atoms with E-state index in [9.17, 15) is 14.3 Å². The molecule has 0 amide bonds. The molecule has 0 heterocycles. The van der Waals surface area contributed by atoms with E-state index in [2.05, 4.69) is 15.9 Å². The Bertz CT molecular complexity index is 429. The molecule has 0 unspecified atom stereocenters. The van der Waals surface area contributed by atoms with Crippen molar-refractivity contribution in [2.75, 3.05) is 0 Å². The van der Waals surface area contributed by atoms with Crippen LogP contribution in [0.3, 0.4) is 0 Å². The van der Waals surface area contributed by atoms with Crippen LogP contribution >= 0.6 is 15.9 Å². The fraction of sp³-hybridized carbons (Fsp3) is 0.364. The van der Waals surface area contributed by atoms with E-state index < -0.39 is 17.2 Å². The minimum Gasteiger partial charge on any atom is -0.507 e. The molecular formula is C11H12BrFO3. The molecule has 5 heteroatoms. The van der Waals surface area contributed by atoms with Gasteiger partial charge in [0.25, 0.3) is 0 Å². The number of hydrogen-bond donors (Lipinski definition) is 2. The van der Waals surface area contributed by atoms with E-state index in [-0.39, 0.29) is 17.7 Å². The lowest BCUT2D eigenvalue weighted by molar-refractivity contribution is -0.138. The number of phenols is 1. The molecule has 16 heavy (non-hydrogen) atoms. The van der Waals surface area contributed by atoms with E-state index in [1.54, 1.807) is 13.8 Å². The molecule has 0 fully saturated rings. The zero-order valence-corrected chi connectivity index (χ0v) is 10.5. The van der Waals surface area contributed by atoms with E-state index in [0.717, 1.165) is 6.07 Å². The van der Waals surface area contributed by atoms with Crippen LogP contribution < -0.4 is 0 Å². The fourth-order valence-electron chi connectivity index (χ4n) is 1.53. The smallest absolute Gasteiger partial charge is 0.304 e. The van der Waals surface area contributed by atoms with Gasteiger partial charge in [-0.3, -0.25) is 4.79 Å². The number of carboxylic acid groups (broad SMARTS) is 1. The summed E-state index contributed by atoms with van der Waals surface area (Å²) in [7, 11) is 0. The second-order valence-electron chi connectivity index (χ2n) is 4.24. The van der Waals surface area contributed by atoms with E-state index in [1.165, 1.54) is 6.07 Å². The standard InChI is InChI=1S/C11H12BrFO3/c1-11(2,5-10(15)16)6-3-7(12)9(14)4-8(6)13/h3-4,14H,5H2,1-2H3,(H,15,16). The zero-order valence-electron chi connectivity index (χ0n) is 8.92. The monoisotopic (exact) mass is 290 g/mol. The van der Waals surface area contributed by atoms with Crippen LogP contribution in [0.2, 0.25) is 0 Å². The Morgan fingerprint density at radius 2 is 2.06 bits per heavy atom. The van der Waals surface area contributed by atoms with Gasteiger partial charge in [0.15, 0.2) is 0 Å². The number of benzene rings is 1. The predicted molar refractivity (Wildman–Crippen MR) is 61.0 cm³/mol. The van der Waals surface area contributed by atoms with Gasteiger partial charge in [-0.1, -0.05) is 13.8 Å². The van der Waals surface area contributed by atoms with Gasteiger partial charge in [0.05, 0.1) is 10.9 Å². The summed E-state index contributed by atoms with van der Waals surface area (Å²) < 4.78 is 14.0. The number of phenolic OH excluding ortho intramolecular Hbond substituents is 1. The van der Waals surface area contributed by atoms with Gasteiger partial charge in [0.2, 0.25) is 0 Å². The van der Waals surface area contributed by atoms with Crippen LogP contribution in [0.4, 0.5) is 4.39 Å². The van der Waals surface area contributed by atoms with E-state index in [4.69, 9.17) is 5.11 Å². The Kier molecular flexibility index (Phi) is 3.57. The van der Waals surface area contributed by atoms with E-state index in [0.29, 0.717) is 4.47 Å². The molecule has 3 nitrogen and oxygen atoms in total. The molecule has 0 spiro atoms. The summed E-state index contributed by atoms with van der Waals surface area (Å²) in [6.07, 6.45) is -0.179. The van der Waals surface area contributed by atoms with Crippen LogP contribution in [0, 0.1) is 5.82 Å². The zero-order chi connectivity index (χ0) is 12.5. The van der Waals surface area contributed by atoms with Gasteiger partial charge in [0, 0.05) is 11.5 Å². The summed E-state index contributed by atoms with van der Waals surface area (Å²) in [6, 6.07) is 2.39. The average molecular weight is 291 g/mol. The molecule has 88 valence electrons. The molecule has 0 saturated carbocycles. The fourth-order valence-corrected chi connectivity index (χ4v) is 1.87. The molecule has 0 aromatic heterocycles. The van der Waals surface area contributed by atoms with Crippen molar-refractivity contribution in [2.45, 2.75) is 25.7 Å². The molecule has 2 N–H and O–H groups in total. The van der Waals surface area contributed by atoms with E-state index in [1.807, 2.05) is 0 Å². The lowest BCUT2D eigenvalue weighted by Gasteiger charge is -2.24. The second kappa shape index (κ2) is 4.41. The first kappa shape index (κ1) is 13.0. The van der Waals surface area contributed by atoms with Gasteiger partial charge in [-0.15, -0.1) is 0 Å². The lowest BCUT2D eigenvalue weighted by atomic mass is 9.81. The van der Waals surface area contributed by atoms with Crippen molar-refractivity contribution in [1.82, 2.24) is 0 Å². The molecule has 0 aliphatic heterocycles. The van der Waals surface area contributed by atoms with Crippen molar-refractivity contribution in [3.8, 4) is 5.75 Å².